The van der Waals surface area contributed by atoms with Gasteiger partial charge in [0.15, 0.2) is 11.3 Å². The zero-order valence-corrected chi connectivity index (χ0v) is 19.1. The Morgan fingerprint density at radius 3 is 2.37 bits per heavy atom. The predicted molar refractivity (Wildman–Crippen MR) is 121 cm³/mol. The first-order chi connectivity index (χ1) is 14.6. The minimum atomic E-state index is -0.00924. The second kappa shape index (κ2) is 11.4. The molecular weight excluding hydrogens is 376 g/mol. The standard InChI is InChI=1S/C23H38N6O/c1-4-6-15-28(16-7-5-2)23(30)20-18-24-21-22(26-20)29(19(3)25-21)17-11-14-27-12-9-8-10-13-27/h18H,4-17H2,1-3H3. The first-order valence-corrected chi connectivity index (χ1v) is 11.9. The number of nitrogens with zero attached hydrogens (tertiary/aromatic N) is 6. The van der Waals surface area contributed by atoms with E-state index in [9.17, 15) is 4.79 Å². The van der Waals surface area contributed by atoms with Crippen molar-refractivity contribution < 1.29 is 4.79 Å². The molecule has 30 heavy (non-hydrogen) atoms. The number of carbonyl (C=O) groups excluding carboxylic acids is 1. The topological polar surface area (TPSA) is 67.2 Å². The maximum Gasteiger partial charge on any atom is 0.274 e. The Bertz CT molecular complexity index is 803. The van der Waals surface area contributed by atoms with Crippen LogP contribution in [0.3, 0.4) is 0 Å². The molecule has 1 fully saturated rings. The summed E-state index contributed by atoms with van der Waals surface area (Å²) in [5, 5.41) is 0. The zero-order chi connectivity index (χ0) is 21.3. The number of fused-ring (bicyclic) bond motifs is 1. The van der Waals surface area contributed by atoms with Crippen LogP contribution >= 0.6 is 0 Å². The van der Waals surface area contributed by atoms with Crippen LogP contribution in [0.25, 0.3) is 11.3 Å². The molecule has 0 bridgehead atoms. The van der Waals surface area contributed by atoms with Crippen LogP contribution in [0.5, 0.6) is 0 Å². The van der Waals surface area contributed by atoms with E-state index in [0.717, 1.165) is 69.8 Å². The maximum absolute atomic E-state index is 13.1. The molecule has 2 aromatic heterocycles. The number of hydrogen-bond donors (Lipinski definition) is 0. The highest BCUT2D eigenvalue weighted by Gasteiger charge is 2.19. The van der Waals surface area contributed by atoms with Crippen LogP contribution in [0.2, 0.25) is 0 Å². The number of likely N-dealkylation sites (tertiary alicyclic amines) is 1. The van der Waals surface area contributed by atoms with Gasteiger partial charge in [0.25, 0.3) is 5.91 Å². The summed E-state index contributed by atoms with van der Waals surface area (Å²) in [5.74, 6) is 0.909. The van der Waals surface area contributed by atoms with Gasteiger partial charge >= 0.3 is 0 Å². The van der Waals surface area contributed by atoms with Crippen molar-refractivity contribution in [3.63, 3.8) is 0 Å². The van der Waals surface area contributed by atoms with E-state index in [0.29, 0.717) is 11.3 Å². The SMILES string of the molecule is CCCCN(CCCC)C(=O)c1cnc2nc(C)n(CCCN3CCCCC3)c2n1. The van der Waals surface area contributed by atoms with E-state index in [1.54, 1.807) is 6.20 Å². The first-order valence-electron chi connectivity index (χ1n) is 11.9. The minimum absolute atomic E-state index is 0.00924. The summed E-state index contributed by atoms with van der Waals surface area (Å²) < 4.78 is 2.13. The average molecular weight is 415 g/mol. The predicted octanol–water partition coefficient (Wildman–Crippen LogP) is 4.05. The van der Waals surface area contributed by atoms with E-state index in [4.69, 9.17) is 4.98 Å². The molecule has 0 aromatic carbocycles. The molecule has 1 saturated heterocycles. The van der Waals surface area contributed by atoms with Gasteiger partial charge in [0, 0.05) is 19.6 Å². The smallest absolute Gasteiger partial charge is 0.274 e. The third-order valence-corrected chi connectivity index (χ3v) is 6.02. The van der Waals surface area contributed by atoms with E-state index < -0.39 is 0 Å². The van der Waals surface area contributed by atoms with Crippen molar-refractivity contribution in [2.45, 2.75) is 78.7 Å². The lowest BCUT2D eigenvalue weighted by Crippen LogP contribution is -2.33. The van der Waals surface area contributed by atoms with Gasteiger partial charge in [-0.25, -0.2) is 15.0 Å². The molecule has 7 nitrogen and oxygen atoms in total. The molecule has 3 rings (SSSR count). The summed E-state index contributed by atoms with van der Waals surface area (Å²) in [7, 11) is 0. The summed E-state index contributed by atoms with van der Waals surface area (Å²) in [5.41, 5.74) is 1.81. The van der Waals surface area contributed by atoms with Gasteiger partial charge in [-0.2, -0.15) is 0 Å². The molecule has 0 spiro atoms. The average Bonchev–Trinajstić information content (AvgIpc) is 3.08. The lowest BCUT2D eigenvalue weighted by Gasteiger charge is -2.26. The molecule has 3 heterocycles. The van der Waals surface area contributed by atoms with Gasteiger partial charge < -0.3 is 14.4 Å². The van der Waals surface area contributed by atoms with Gasteiger partial charge in [0.1, 0.15) is 11.5 Å². The molecule has 0 radical (unpaired) electrons. The number of unbranched alkanes of at least 4 members (excludes halogenated alkanes) is 2. The van der Waals surface area contributed by atoms with Gasteiger partial charge in [0.2, 0.25) is 0 Å². The Morgan fingerprint density at radius 2 is 1.70 bits per heavy atom. The third-order valence-electron chi connectivity index (χ3n) is 6.02. The Morgan fingerprint density at radius 1 is 1.00 bits per heavy atom. The Kier molecular flexibility index (Phi) is 8.61. The highest BCUT2D eigenvalue weighted by atomic mass is 16.2. The van der Waals surface area contributed by atoms with E-state index in [2.05, 4.69) is 33.3 Å². The normalized spacial score (nSPS) is 15.0. The number of aromatic nitrogens is 4. The highest BCUT2D eigenvalue weighted by molar-refractivity contribution is 5.93. The summed E-state index contributed by atoms with van der Waals surface area (Å²) in [6.07, 6.45) is 10.8. The van der Waals surface area contributed by atoms with Crippen molar-refractivity contribution >= 4 is 17.2 Å². The Balaban J connectivity index is 1.73. The molecule has 0 aliphatic carbocycles. The van der Waals surface area contributed by atoms with Crippen LogP contribution in [0.15, 0.2) is 6.20 Å². The quantitative estimate of drug-likeness (QED) is 0.555. The number of rotatable bonds is 11. The molecule has 0 saturated carbocycles. The molecule has 1 amide bonds. The largest absolute Gasteiger partial charge is 0.337 e. The number of amides is 1. The molecule has 0 atom stereocenters. The van der Waals surface area contributed by atoms with Gasteiger partial charge in [0.05, 0.1) is 6.20 Å². The molecule has 1 aliphatic rings. The van der Waals surface area contributed by atoms with Crippen LogP contribution in [0, 0.1) is 6.92 Å². The van der Waals surface area contributed by atoms with Crippen LogP contribution in [-0.4, -0.2) is 67.9 Å². The summed E-state index contributed by atoms with van der Waals surface area (Å²) in [6, 6.07) is 0. The maximum atomic E-state index is 13.1. The Hall–Kier alpha value is -2.02. The van der Waals surface area contributed by atoms with Crippen molar-refractivity contribution in [3.8, 4) is 0 Å². The highest BCUT2D eigenvalue weighted by Crippen LogP contribution is 2.15. The summed E-state index contributed by atoms with van der Waals surface area (Å²) in [6.45, 7) is 12.3. The molecule has 7 heteroatoms. The fraction of sp³-hybridized carbons (Fsp3) is 0.739. The molecule has 1 aliphatic heterocycles. The molecular formula is C23H38N6O. The van der Waals surface area contributed by atoms with E-state index in [1.807, 2.05) is 11.8 Å². The van der Waals surface area contributed by atoms with E-state index in [-0.39, 0.29) is 5.91 Å². The fourth-order valence-corrected chi connectivity index (χ4v) is 4.18. The number of aryl methyl sites for hydroxylation is 2. The van der Waals surface area contributed by atoms with Gasteiger partial charge in [-0.3, -0.25) is 4.79 Å². The van der Waals surface area contributed by atoms with Crippen LogP contribution in [-0.2, 0) is 6.54 Å². The molecule has 2 aromatic rings. The van der Waals surface area contributed by atoms with Crippen molar-refractivity contribution in [3.05, 3.63) is 17.7 Å². The first kappa shape index (κ1) is 22.7. The molecule has 0 N–H and O–H groups in total. The van der Waals surface area contributed by atoms with Crippen molar-refractivity contribution in [2.75, 3.05) is 32.7 Å². The van der Waals surface area contributed by atoms with Gasteiger partial charge in [-0.15, -0.1) is 0 Å². The minimum Gasteiger partial charge on any atom is -0.337 e. The van der Waals surface area contributed by atoms with Crippen molar-refractivity contribution in [1.82, 2.24) is 29.3 Å². The lowest BCUT2D eigenvalue weighted by atomic mass is 10.1. The number of imidazole rings is 1. The zero-order valence-electron chi connectivity index (χ0n) is 19.1. The summed E-state index contributed by atoms with van der Waals surface area (Å²) >= 11 is 0. The van der Waals surface area contributed by atoms with Crippen molar-refractivity contribution in [2.24, 2.45) is 0 Å². The fourth-order valence-electron chi connectivity index (χ4n) is 4.18. The Labute approximate surface area is 180 Å². The van der Waals surface area contributed by atoms with Gasteiger partial charge in [-0.05, 0) is 58.7 Å². The van der Waals surface area contributed by atoms with E-state index >= 15 is 0 Å². The lowest BCUT2D eigenvalue weighted by molar-refractivity contribution is 0.0745. The monoisotopic (exact) mass is 414 g/mol. The van der Waals surface area contributed by atoms with Crippen LogP contribution in [0.1, 0.15) is 81.5 Å². The number of hydrogen-bond acceptors (Lipinski definition) is 5. The van der Waals surface area contributed by atoms with E-state index in [1.165, 1.54) is 32.4 Å². The van der Waals surface area contributed by atoms with Crippen LogP contribution < -0.4 is 0 Å². The van der Waals surface area contributed by atoms with Crippen molar-refractivity contribution in [1.29, 1.82) is 0 Å². The third kappa shape index (κ3) is 5.78. The second-order valence-corrected chi connectivity index (χ2v) is 8.47. The number of carbonyl (C=O) groups is 1. The molecule has 0 unspecified atom stereocenters. The van der Waals surface area contributed by atoms with Gasteiger partial charge in [-0.1, -0.05) is 33.1 Å². The van der Waals surface area contributed by atoms with Crippen LogP contribution in [0.4, 0.5) is 0 Å². The molecule has 166 valence electrons. The number of piperidine rings is 1. The summed E-state index contributed by atoms with van der Waals surface area (Å²) in [4.78, 5) is 31.4. The second-order valence-electron chi connectivity index (χ2n) is 8.47.